The van der Waals surface area contributed by atoms with Crippen molar-refractivity contribution in [2.75, 3.05) is 12.3 Å². The van der Waals surface area contributed by atoms with Crippen LogP contribution >= 0.6 is 0 Å². The molecule has 1 aromatic heterocycles. The van der Waals surface area contributed by atoms with Crippen molar-refractivity contribution in [2.24, 2.45) is 0 Å². The van der Waals surface area contributed by atoms with Gasteiger partial charge in [0.05, 0.1) is 6.10 Å². The molecule has 0 aromatic carbocycles. The van der Waals surface area contributed by atoms with Gasteiger partial charge in [-0.15, -0.1) is 0 Å². The molecular formula is C16H23N3O6. The summed E-state index contributed by atoms with van der Waals surface area (Å²) in [5, 5.41) is 0. The number of carbonyl (C=O) groups excluding carboxylic acids is 2. The number of rotatable bonds is 5. The van der Waals surface area contributed by atoms with Crippen LogP contribution in [-0.4, -0.2) is 40.3 Å². The highest BCUT2D eigenvalue weighted by Gasteiger charge is 2.40. The molecule has 1 fully saturated rings. The van der Waals surface area contributed by atoms with Gasteiger partial charge in [0.1, 0.15) is 18.5 Å². The van der Waals surface area contributed by atoms with Crippen molar-refractivity contribution in [3.63, 3.8) is 0 Å². The van der Waals surface area contributed by atoms with Crippen LogP contribution in [0.15, 0.2) is 11.0 Å². The molecule has 3 atom stereocenters. The predicted molar refractivity (Wildman–Crippen MR) is 87.7 cm³/mol. The Kier molecular flexibility index (Phi) is 5.78. The summed E-state index contributed by atoms with van der Waals surface area (Å²) < 4.78 is 17.3. The molecule has 0 aliphatic carbocycles. The summed E-state index contributed by atoms with van der Waals surface area (Å²) in [5.41, 5.74) is 5.89. The van der Waals surface area contributed by atoms with E-state index in [0.29, 0.717) is 12.0 Å². The van der Waals surface area contributed by atoms with E-state index < -0.39 is 36.1 Å². The van der Waals surface area contributed by atoms with Gasteiger partial charge in [0.2, 0.25) is 0 Å². The van der Waals surface area contributed by atoms with Crippen molar-refractivity contribution in [1.29, 1.82) is 0 Å². The molecule has 1 aromatic rings. The zero-order chi connectivity index (χ0) is 18.7. The van der Waals surface area contributed by atoms with Crippen LogP contribution in [0.25, 0.3) is 0 Å². The fourth-order valence-electron chi connectivity index (χ4n) is 2.72. The summed E-state index contributed by atoms with van der Waals surface area (Å²) in [6.45, 7) is 6.42. The van der Waals surface area contributed by atoms with Crippen LogP contribution in [0.4, 0.5) is 5.82 Å². The van der Waals surface area contributed by atoms with E-state index in [0.717, 1.165) is 0 Å². The highest BCUT2D eigenvalue weighted by molar-refractivity contribution is 5.66. The van der Waals surface area contributed by atoms with Crippen molar-refractivity contribution in [3.8, 4) is 0 Å². The van der Waals surface area contributed by atoms with Gasteiger partial charge < -0.3 is 19.9 Å². The van der Waals surface area contributed by atoms with Gasteiger partial charge in [-0.3, -0.25) is 14.2 Å². The lowest BCUT2D eigenvalue weighted by Gasteiger charge is -2.22. The van der Waals surface area contributed by atoms with Gasteiger partial charge in [0.25, 0.3) is 0 Å². The summed E-state index contributed by atoms with van der Waals surface area (Å²) in [7, 11) is 0. The number of anilines is 1. The van der Waals surface area contributed by atoms with E-state index in [9.17, 15) is 14.4 Å². The Labute approximate surface area is 145 Å². The van der Waals surface area contributed by atoms with Crippen molar-refractivity contribution in [3.05, 3.63) is 22.2 Å². The second-order valence-corrected chi connectivity index (χ2v) is 6.26. The first kappa shape index (κ1) is 18.9. The number of nitrogens with two attached hydrogens (primary N) is 1. The third kappa shape index (κ3) is 4.56. The van der Waals surface area contributed by atoms with E-state index in [4.69, 9.17) is 19.9 Å². The molecule has 25 heavy (non-hydrogen) atoms. The molecule has 138 valence electrons. The zero-order valence-electron chi connectivity index (χ0n) is 14.7. The maximum atomic E-state index is 12.3. The lowest BCUT2D eigenvalue weighted by molar-refractivity contribution is -0.153. The molecule has 9 heteroatoms. The number of hydrogen-bond donors (Lipinski definition) is 1. The molecule has 9 nitrogen and oxygen atoms in total. The fourth-order valence-corrected chi connectivity index (χ4v) is 2.72. The predicted octanol–water partition coefficient (Wildman–Crippen LogP) is 0.731. The van der Waals surface area contributed by atoms with E-state index in [1.54, 1.807) is 6.20 Å². The monoisotopic (exact) mass is 353 g/mol. The number of ether oxygens (including phenoxy) is 3. The summed E-state index contributed by atoms with van der Waals surface area (Å²) in [6, 6.07) is 0. The molecule has 0 amide bonds. The normalized spacial score (nSPS) is 22.8. The van der Waals surface area contributed by atoms with Crippen molar-refractivity contribution < 1.29 is 23.8 Å². The summed E-state index contributed by atoms with van der Waals surface area (Å²) in [5.74, 6) is -0.726. The summed E-state index contributed by atoms with van der Waals surface area (Å²) >= 11 is 0. The van der Waals surface area contributed by atoms with E-state index in [1.165, 1.54) is 18.4 Å². The Morgan fingerprint density at radius 1 is 1.40 bits per heavy atom. The van der Waals surface area contributed by atoms with Crippen LogP contribution in [-0.2, 0) is 23.8 Å². The topological polar surface area (TPSA) is 123 Å². The quantitative estimate of drug-likeness (QED) is 0.769. The Bertz CT molecular complexity index is 714. The standard InChI is InChI=1S/C16H23N3O6/c1-8(2)12-6-19(16(22)18-14(12)17)15-13(24-10(4)21)5-11(25-15)7-23-9(3)20/h6,8,11,13,15H,5,7H2,1-4H3,(H2,17,18,22)/t11-,13+,15+/m0/s1. The van der Waals surface area contributed by atoms with Gasteiger partial charge >= 0.3 is 17.6 Å². The van der Waals surface area contributed by atoms with E-state index >= 15 is 0 Å². The van der Waals surface area contributed by atoms with Gasteiger partial charge in [-0.1, -0.05) is 13.8 Å². The number of esters is 2. The van der Waals surface area contributed by atoms with Gasteiger partial charge in [-0.05, 0) is 5.92 Å². The third-order valence-electron chi connectivity index (χ3n) is 3.84. The van der Waals surface area contributed by atoms with Crippen LogP contribution in [0.1, 0.15) is 51.8 Å². The molecular weight excluding hydrogens is 330 g/mol. The molecule has 0 unspecified atom stereocenters. The second-order valence-electron chi connectivity index (χ2n) is 6.26. The third-order valence-corrected chi connectivity index (χ3v) is 3.84. The lowest BCUT2D eigenvalue weighted by atomic mass is 10.1. The molecule has 2 rings (SSSR count). The number of nitrogens with zero attached hydrogens (tertiary/aromatic N) is 2. The number of nitrogen functional groups attached to an aromatic ring is 1. The van der Waals surface area contributed by atoms with Gasteiger partial charge in [-0.25, -0.2) is 4.79 Å². The maximum absolute atomic E-state index is 12.3. The summed E-state index contributed by atoms with van der Waals surface area (Å²) in [6.07, 6.45) is -0.176. The van der Waals surface area contributed by atoms with E-state index in [-0.39, 0.29) is 18.3 Å². The molecule has 2 N–H and O–H groups in total. The molecule has 1 saturated heterocycles. The largest absolute Gasteiger partial charge is 0.463 e. The molecule has 2 heterocycles. The zero-order valence-corrected chi connectivity index (χ0v) is 14.7. The average Bonchev–Trinajstić information content (AvgIpc) is 2.86. The Morgan fingerprint density at radius 2 is 2.08 bits per heavy atom. The Hall–Kier alpha value is -2.42. The lowest BCUT2D eigenvalue weighted by Crippen LogP contribution is -2.34. The number of aromatic nitrogens is 2. The van der Waals surface area contributed by atoms with Crippen LogP contribution in [0.3, 0.4) is 0 Å². The number of carbonyl (C=O) groups is 2. The SMILES string of the molecule is CC(=O)OC[C@@H]1C[C@@H](OC(C)=O)[C@H](n2cc(C(C)C)c(N)nc2=O)O1. The molecule has 0 radical (unpaired) electrons. The fraction of sp³-hybridized carbons (Fsp3) is 0.625. The average molecular weight is 353 g/mol. The minimum Gasteiger partial charge on any atom is -0.463 e. The van der Waals surface area contributed by atoms with Gasteiger partial charge in [0.15, 0.2) is 6.23 Å². The first-order chi connectivity index (χ1) is 11.7. The van der Waals surface area contributed by atoms with E-state index in [2.05, 4.69) is 4.98 Å². The first-order valence-corrected chi connectivity index (χ1v) is 8.03. The van der Waals surface area contributed by atoms with E-state index in [1.807, 2.05) is 13.8 Å². The Morgan fingerprint density at radius 3 is 2.64 bits per heavy atom. The summed E-state index contributed by atoms with van der Waals surface area (Å²) in [4.78, 5) is 38.5. The van der Waals surface area contributed by atoms with Gasteiger partial charge in [-0.2, -0.15) is 4.98 Å². The molecule has 0 spiro atoms. The smallest absolute Gasteiger partial charge is 0.351 e. The van der Waals surface area contributed by atoms with Gasteiger partial charge in [0, 0.05) is 32.0 Å². The van der Waals surface area contributed by atoms with Crippen LogP contribution in [0.2, 0.25) is 0 Å². The minimum atomic E-state index is -0.859. The molecule has 0 saturated carbocycles. The van der Waals surface area contributed by atoms with Crippen molar-refractivity contribution in [1.82, 2.24) is 9.55 Å². The molecule has 1 aliphatic rings. The first-order valence-electron chi connectivity index (χ1n) is 8.03. The molecule has 0 bridgehead atoms. The second kappa shape index (κ2) is 7.64. The van der Waals surface area contributed by atoms with Crippen LogP contribution in [0.5, 0.6) is 0 Å². The van der Waals surface area contributed by atoms with Crippen LogP contribution < -0.4 is 11.4 Å². The molecule has 1 aliphatic heterocycles. The van der Waals surface area contributed by atoms with Crippen molar-refractivity contribution >= 4 is 17.8 Å². The number of hydrogen-bond acceptors (Lipinski definition) is 8. The Balaban J connectivity index is 2.33. The maximum Gasteiger partial charge on any atom is 0.351 e. The highest BCUT2D eigenvalue weighted by atomic mass is 16.6. The van der Waals surface area contributed by atoms with Crippen LogP contribution in [0, 0.1) is 0 Å². The van der Waals surface area contributed by atoms with Crippen molar-refractivity contribution in [2.45, 2.75) is 58.5 Å². The minimum absolute atomic E-state index is 0.0117. The highest BCUT2D eigenvalue weighted by Crippen LogP contribution is 2.32.